The number of rotatable bonds is 1. The van der Waals surface area contributed by atoms with E-state index in [-0.39, 0.29) is 31.6 Å². The van der Waals surface area contributed by atoms with E-state index >= 15 is 0 Å². The Balaban J connectivity index is 3.00. The van der Waals surface area contributed by atoms with Crippen LogP contribution in [0.5, 0.6) is 0 Å². The van der Waals surface area contributed by atoms with Crippen molar-refractivity contribution in [2.75, 3.05) is 0 Å². The van der Waals surface area contributed by atoms with E-state index in [4.69, 9.17) is 5.11 Å². The van der Waals surface area contributed by atoms with Gasteiger partial charge in [-0.2, -0.15) is 26.3 Å². The van der Waals surface area contributed by atoms with Crippen molar-refractivity contribution in [3.8, 4) is 0 Å². The highest BCUT2D eigenvalue weighted by Crippen LogP contribution is 2.51. The van der Waals surface area contributed by atoms with Gasteiger partial charge in [0.25, 0.3) is 5.60 Å². The Bertz CT molecular complexity index is 247. The van der Waals surface area contributed by atoms with Crippen LogP contribution in [-0.2, 0) is 0 Å². The molecule has 1 N–H and O–H groups in total. The number of alkyl halides is 6. The molecule has 17 heavy (non-hydrogen) atoms. The zero-order valence-electron chi connectivity index (χ0n) is 9.20. The normalized spacial score (nSPS) is 28.2. The minimum absolute atomic E-state index is 0.108. The Hall–Kier alpha value is -0.460. The van der Waals surface area contributed by atoms with E-state index in [9.17, 15) is 26.3 Å². The second kappa shape index (κ2) is 4.33. The lowest BCUT2D eigenvalue weighted by Crippen LogP contribution is -2.62. The monoisotopic (exact) mass is 264 g/mol. The van der Waals surface area contributed by atoms with E-state index in [0.717, 1.165) is 0 Å². The van der Waals surface area contributed by atoms with E-state index in [1.54, 1.807) is 6.92 Å². The molecule has 0 heterocycles. The molecule has 1 saturated carbocycles. The fourth-order valence-electron chi connectivity index (χ4n) is 2.30. The maximum absolute atomic E-state index is 12.5. The first kappa shape index (κ1) is 14.6. The third-order valence-corrected chi connectivity index (χ3v) is 3.47. The number of halogens is 6. The lowest BCUT2D eigenvalue weighted by molar-refractivity contribution is -0.387. The molecule has 0 amide bonds. The molecule has 0 unspecified atom stereocenters. The van der Waals surface area contributed by atoms with Crippen LogP contribution in [0.3, 0.4) is 0 Å². The van der Waals surface area contributed by atoms with Crippen molar-refractivity contribution in [1.29, 1.82) is 0 Å². The molecular weight excluding hydrogens is 250 g/mol. The molecule has 1 fully saturated rings. The van der Waals surface area contributed by atoms with Crippen LogP contribution in [-0.4, -0.2) is 23.1 Å². The maximum atomic E-state index is 12.5. The van der Waals surface area contributed by atoms with Gasteiger partial charge in [-0.05, 0) is 18.8 Å². The summed E-state index contributed by atoms with van der Waals surface area (Å²) in [5, 5.41) is 9.15. The van der Waals surface area contributed by atoms with Crippen LogP contribution in [0, 0.1) is 11.8 Å². The smallest absolute Gasteiger partial charge is 0.373 e. The standard InChI is InChI=1S/C10H14F6O/c1-6-2-4-7(5-3-6)8(17,9(11,12)13)10(14,15)16/h6-7,17H,2-5H2,1H3. The first-order chi connectivity index (χ1) is 7.50. The molecule has 0 aromatic rings. The van der Waals surface area contributed by atoms with Gasteiger partial charge >= 0.3 is 12.4 Å². The van der Waals surface area contributed by atoms with Crippen molar-refractivity contribution in [3.63, 3.8) is 0 Å². The van der Waals surface area contributed by atoms with Gasteiger partial charge in [0.1, 0.15) is 0 Å². The van der Waals surface area contributed by atoms with Gasteiger partial charge in [0.05, 0.1) is 0 Å². The van der Waals surface area contributed by atoms with Crippen LogP contribution in [0.1, 0.15) is 32.6 Å². The highest BCUT2D eigenvalue weighted by Gasteiger charge is 2.73. The molecule has 0 aromatic carbocycles. The number of aliphatic hydroxyl groups is 1. The molecule has 0 spiro atoms. The van der Waals surface area contributed by atoms with Crippen LogP contribution < -0.4 is 0 Å². The zero-order valence-corrected chi connectivity index (χ0v) is 9.20. The minimum atomic E-state index is -5.68. The van der Waals surface area contributed by atoms with Crippen molar-refractivity contribution in [3.05, 3.63) is 0 Å². The van der Waals surface area contributed by atoms with Crippen molar-refractivity contribution in [2.45, 2.75) is 50.6 Å². The minimum Gasteiger partial charge on any atom is -0.373 e. The van der Waals surface area contributed by atoms with Crippen molar-refractivity contribution >= 4 is 0 Å². The number of hydrogen-bond acceptors (Lipinski definition) is 1. The average Bonchev–Trinajstić information content (AvgIpc) is 2.14. The van der Waals surface area contributed by atoms with E-state index in [1.165, 1.54) is 0 Å². The van der Waals surface area contributed by atoms with Gasteiger partial charge in [-0.3, -0.25) is 0 Å². The predicted octanol–water partition coefficient (Wildman–Crippen LogP) is 3.67. The average molecular weight is 264 g/mol. The molecule has 1 nitrogen and oxygen atoms in total. The highest BCUT2D eigenvalue weighted by molar-refractivity contribution is 5.00. The largest absolute Gasteiger partial charge is 0.426 e. The SMILES string of the molecule is CC1CCC(C(O)(C(F)(F)F)C(F)(F)F)CC1. The second-order valence-electron chi connectivity index (χ2n) is 4.72. The lowest BCUT2D eigenvalue weighted by atomic mass is 9.73. The lowest BCUT2D eigenvalue weighted by Gasteiger charge is -2.41. The molecule has 0 aliphatic heterocycles. The summed E-state index contributed by atoms with van der Waals surface area (Å²) in [7, 11) is 0. The summed E-state index contributed by atoms with van der Waals surface area (Å²) < 4.78 is 75.1. The number of hydrogen-bond donors (Lipinski definition) is 1. The van der Waals surface area contributed by atoms with Gasteiger partial charge in [-0.15, -0.1) is 0 Å². The quantitative estimate of drug-likeness (QED) is 0.716. The first-order valence-electron chi connectivity index (χ1n) is 5.36. The molecule has 0 saturated heterocycles. The van der Waals surface area contributed by atoms with Crippen LogP contribution in [0.2, 0.25) is 0 Å². The molecule has 0 atom stereocenters. The Morgan fingerprint density at radius 3 is 1.47 bits per heavy atom. The van der Waals surface area contributed by atoms with Crippen LogP contribution in [0.25, 0.3) is 0 Å². The maximum Gasteiger partial charge on any atom is 0.426 e. The third-order valence-electron chi connectivity index (χ3n) is 3.47. The summed E-state index contributed by atoms with van der Waals surface area (Å²) in [4.78, 5) is 0. The van der Waals surface area contributed by atoms with E-state index in [2.05, 4.69) is 0 Å². The summed E-state index contributed by atoms with van der Waals surface area (Å²) in [5.41, 5.74) is -4.57. The summed E-state index contributed by atoms with van der Waals surface area (Å²) >= 11 is 0. The summed E-state index contributed by atoms with van der Waals surface area (Å²) in [5.74, 6) is -1.68. The molecule has 7 heteroatoms. The molecular formula is C10H14F6O. The van der Waals surface area contributed by atoms with E-state index in [1.807, 2.05) is 0 Å². The van der Waals surface area contributed by atoms with Crippen LogP contribution >= 0.6 is 0 Å². The van der Waals surface area contributed by atoms with Crippen LogP contribution in [0.4, 0.5) is 26.3 Å². The Labute approximate surface area is 94.8 Å². The summed E-state index contributed by atoms with van der Waals surface area (Å²) in [6.07, 6.45) is -11.3. The molecule has 102 valence electrons. The van der Waals surface area contributed by atoms with Crippen molar-refractivity contribution < 1.29 is 31.4 Å². The molecule has 0 aromatic heterocycles. The molecule has 1 aliphatic carbocycles. The molecule has 0 bridgehead atoms. The van der Waals surface area contributed by atoms with Crippen molar-refractivity contribution in [2.24, 2.45) is 11.8 Å². The first-order valence-corrected chi connectivity index (χ1v) is 5.36. The van der Waals surface area contributed by atoms with E-state index < -0.39 is 23.9 Å². The zero-order chi connectivity index (χ0) is 13.5. The topological polar surface area (TPSA) is 20.2 Å². The third kappa shape index (κ3) is 2.53. The highest BCUT2D eigenvalue weighted by atomic mass is 19.4. The van der Waals surface area contributed by atoms with Gasteiger partial charge in [-0.25, -0.2) is 0 Å². The molecule has 1 rings (SSSR count). The predicted molar refractivity (Wildman–Crippen MR) is 48.2 cm³/mol. The Morgan fingerprint density at radius 2 is 1.18 bits per heavy atom. The Morgan fingerprint density at radius 1 is 0.824 bits per heavy atom. The summed E-state index contributed by atoms with van der Waals surface area (Å²) in [6, 6.07) is 0. The van der Waals surface area contributed by atoms with Gasteiger partial charge in [0.2, 0.25) is 0 Å². The summed E-state index contributed by atoms with van der Waals surface area (Å²) in [6.45, 7) is 1.77. The van der Waals surface area contributed by atoms with Crippen molar-refractivity contribution in [1.82, 2.24) is 0 Å². The van der Waals surface area contributed by atoms with Gasteiger partial charge in [0.15, 0.2) is 0 Å². The fraction of sp³-hybridized carbons (Fsp3) is 1.00. The fourth-order valence-corrected chi connectivity index (χ4v) is 2.30. The van der Waals surface area contributed by atoms with Gasteiger partial charge < -0.3 is 5.11 Å². The molecule has 0 radical (unpaired) electrons. The van der Waals surface area contributed by atoms with Gasteiger partial charge in [0, 0.05) is 5.92 Å². The van der Waals surface area contributed by atoms with E-state index in [0.29, 0.717) is 0 Å². The van der Waals surface area contributed by atoms with Crippen LogP contribution in [0.15, 0.2) is 0 Å². The Kier molecular flexibility index (Phi) is 3.72. The van der Waals surface area contributed by atoms with Gasteiger partial charge in [-0.1, -0.05) is 19.8 Å². The second-order valence-corrected chi connectivity index (χ2v) is 4.72. The molecule has 1 aliphatic rings.